The maximum absolute atomic E-state index is 4.91. The van der Waals surface area contributed by atoms with E-state index in [1.165, 1.54) is 30.1 Å². The van der Waals surface area contributed by atoms with E-state index in [-0.39, 0.29) is 0 Å². The molecule has 4 nitrogen and oxygen atoms in total. The van der Waals surface area contributed by atoms with Crippen molar-refractivity contribution in [3.63, 3.8) is 0 Å². The number of hydrogen-bond donors (Lipinski definition) is 1. The highest BCUT2D eigenvalue weighted by Gasteiger charge is 2.32. The second-order valence-corrected chi connectivity index (χ2v) is 5.99. The van der Waals surface area contributed by atoms with Crippen molar-refractivity contribution < 1.29 is 0 Å². The fourth-order valence-electron chi connectivity index (χ4n) is 2.68. The molecule has 1 unspecified atom stereocenters. The van der Waals surface area contributed by atoms with Crippen molar-refractivity contribution in [2.45, 2.75) is 51.2 Å². The van der Waals surface area contributed by atoms with Crippen LogP contribution in [0.2, 0.25) is 0 Å². The highest BCUT2D eigenvalue weighted by atomic mass is 15.2. The lowest BCUT2D eigenvalue weighted by molar-refractivity contribution is 0.279. The van der Waals surface area contributed by atoms with Crippen LogP contribution >= 0.6 is 0 Å². The fourth-order valence-corrected chi connectivity index (χ4v) is 2.68. The zero-order valence-electron chi connectivity index (χ0n) is 11.7. The molecule has 0 bridgehead atoms. The molecule has 3 rings (SSSR count). The van der Waals surface area contributed by atoms with Crippen molar-refractivity contribution in [2.24, 2.45) is 0 Å². The van der Waals surface area contributed by atoms with Crippen LogP contribution in [0.4, 0.5) is 0 Å². The molecule has 2 heterocycles. The Bertz CT molecular complexity index is 431. The van der Waals surface area contributed by atoms with Crippen molar-refractivity contribution in [2.75, 3.05) is 20.6 Å². The Morgan fingerprint density at radius 3 is 2.89 bits per heavy atom. The van der Waals surface area contributed by atoms with E-state index < -0.39 is 0 Å². The summed E-state index contributed by atoms with van der Waals surface area (Å²) in [4.78, 5) is 7.20. The van der Waals surface area contributed by atoms with E-state index in [2.05, 4.69) is 35.8 Å². The first-order chi connectivity index (χ1) is 8.66. The van der Waals surface area contributed by atoms with Crippen molar-refractivity contribution in [1.82, 2.24) is 19.8 Å². The molecule has 0 amide bonds. The van der Waals surface area contributed by atoms with E-state index in [1.54, 1.807) is 0 Å². The molecular weight excluding hydrogens is 224 g/mol. The molecular formula is C14H24N4. The molecule has 1 aromatic rings. The summed E-state index contributed by atoms with van der Waals surface area (Å²) in [5.74, 6) is 2.10. The van der Waals surface area contributed by atoms with Gasteiger partial charge in [-0.25, -0.2) is 4.98 Å². The van der Waals surface area contributed by atoms with Crippen molar-refractivity contribution in [3.8, 4) is 0 Å². The summed E-state index contributed by atoms with van der Waals surface area (Å²) >= 11 is 0. The first-order valence-electron chi connectivity index (χ1n) is 7.12. The van der Waals surface area contributed by atoms with Crippen LogP contribution in [0.1, 0.15) is 42.9 Å². The first kappa shape index (κ1) is 12.2. The minimum atomic E-state index is 0.565. The first-order valence-corrected chi connectivity index (χ1v) is 7.12. The van der Waals surface area contributed by atoms with Crippen LogP contribution in [0.25, 0.3) is 0 Å². The van der Waals surface area contributed by atoms with Gasteiger partial charge in [0, 0.05) is 43.7 Å². The Labute approximate surface area is 109 Å². The maximum atomic E-state index is 4.91. The number of aromatic nitrogens is 2. The van der Waals surface area contributed by atoms with E-state index in [1.807, 2.05) is 0 Å². The van der Waals surface area contributed by atoms with Gasteiger partial charge in [-0.15, -0.1) is 0 Å². The van der Waals surface area contributed by atoms with Gasteiger partial charge in [-0.1, -0.05) is 0 Å². The summed E-state index contributed by atoms with van der Waals surface area (Å²) in [5, 5.41) is 3.43. The Kier molecular flexibility index (Phi) is 3.16. The van der Waals surface area contributed by atoms with Gasteiger partial charge in [0.25, 0.3) is 0 Å². The summed E-state index contributed by atoms with van der Waals surface area (Å²) in [7, 11) is 4.32. The zero-order chi connectivity index (χ0) is 12.7. The average molecular weight is 248 g/mol. The van der Waals surface area contributed by atoms with Crippen molar-refractivity contribution >= 4 is 0 Å². The average Bonchev–Trinajstić information content (AvgIpc) is 3.13. The standard InChI is InChI=1S/C14H24N4/c1-10(17(2)3)9-18-13-6-7-15-8-12(13)16-14(18)11-4-5-11/h10-11,15H,4-9H2,1-3H3. The molecule has 0 radical (unpaired) electrons. The van der Waals surface area contributed by atoms with Gasteiger partial charge in [0.1, 0.15) is 5.82 Å². The smallest absolute Gasteiger partial charge is 0.112 e. The van der Waals surface area contributed by atoms with Gasteiger partial charge in [0.15, 0.2) is 0 Å². The lowest BCUT2D eigenvalue weighted by Gasteiger charge is -2.24. The fraction of sp³-hybridized carbons (Fsp3) is 0.786. The number of likely N-dealkylation sites (N-methyl/N-ethyl adjacent to an activating group) is 1. The highest BCUT2D eigenvalue weighted by molar-refractivity contribution is 5.24. The van der Waals surface area contributed by atoms with Crippen LogP contribution < -0.4 is 5.32 Å². The van der Waals surface area contributed by atoms with Crippen LogP contribution in [-0.2, 0) is 19.5 Å². The number of fused-ring (bicyclic) bond motifs is 1. The van der Waals surface area contributed by atoms with E-state index in [0.717, 1.165) is 32.0 Å². The van der Waals surface area contributed by atoms with Gasteiger partial charge in [0.05, 0.1) is 5.69 Å². The van der Waals surface area contributed by atoms with Crippen LogP contribution in [0.3, 0.4) is 0 Å². The summed E-state index contributed by atoms with van der Waals surface area (Å²) < 4.78 is 2.53. The quantitative estimate of drug-likeness (QED) is 0.873. The molecule has 18 heavy (non-hydrogen) atoms. The van der Waals surface area contributed by atoms with Crippen molar-refractivity contribution in [3.05, 3.63) is 17.2 Å². The maximum Gasteiger partial charge on any atom is 0.112 e. The molecule has 4 heteroatoms. The second kappa shape index (κ2) is 4.67. The number of nitrogens with zero attached hydrogens (tertiary/aromatic N) is 3. The van der Waals surface area contributed by atoms with E-state index in [9.17, 15) is 0 Å². The molecule has 1 aliphatic heterocycles. The monoisotopic (exact) mass is 248 g/mol. The number of imidazole rings is 1. The Morgan fingerprint density at radius 2 is 2.22 bits per heavy atom. The van der Waals surface area contributed by atoms with Crippen LogP contribution in [0.15, 0.2) is 0 Å². The normalized spacial score (nSPS) is 21.1. The van der Waals surface area contributed by atoms with Crippen molar-refractivity contribution in [1.29, 1.82) is 0 Å². The van der Waals surface area contributed by atoms with Gasteiger partial charge in [-0.3, -0.25) is 0 Å². The number of nitrogens with one attached hydrogen (secondary N) is 1. The molecule has 1 saturated carbocycles. The third-order valence-electron chi connectivity index (χ3n) is 4.29. The van der Waals surface area contributed by atoms with Gasteiger partial charge in [-0.2, -0.15) is 0 Å². The molecule has 0 aromatic carbocycles. The molecule has 0 saturated heterocycles. The predicted octanol–water partition coefficient (Wildman–Crippen LogP) is 1.36. The molecule has 1 N–H and O–H groups in total. The summed E-state index contributed by atoms with van der Waals surface area (Å²) in [6, 6.07) is 0.565. The predicted molar refractivity (Wildman–Crippen MR) is 72.8 cm³/mol. The lowest BCUT2D eigenvalue weighted by Crippen LogP contribution is -2.32. The van der Waals surface area contributed by atoms with E-state index in [4.69, 9.17) is 4.98 Å². The Morgan fingerprint density at radius 1 is 1.44 bits per heavy atom. The molecule has 0 spiro atoms. The summed E-state index contributed by atoms with van der Waals surface area (Å²) in [6.45, 7) is 5.43. The van der Waals surface area contributed by atoms with Crippen LogP contribution in [0.5, 0.6) is 0 Å². The van der Waals surface area contributed by atoms with Gasteiger partial charge >= 0.3 is 0 Å². The van der Waals surface area contributed by atoms with E-state index in [0.29, 0.717) is 6.04 Å². The Hall–Kier alpha value is -0.870. The summed E-state index contributed by atoms with van der Waals surface area (Å²) in [6.07, 6.45) is 3.80. The van der Waals surface area contributed by atoms with Gasteiger partial charge < -0.3 is 14.8 Å². The largest absolute Gasteiger partial charge is 0.330 e. The van der Waals surface area contributed by atoms with Crippen LogP contribution in [0, 0.1) is 0 Å². The number of hydrogen-bond acceptors (Lipinski definition) is 3. The molecule has 1 aromatic heterocycles. The SMILES string of the molecule is CC(Cn1c(C2CC2)nc2c1CCNC2)N(C)C. The summed E-state index contributed by atoms with van der Waals surface area (Å²) in [5.41, 5.74) is 2.79. The molecule has 100 valence electrons. The minimum Gasteiger partial charge on any atom is -0.330 e. The topological polar surface area (TPSA) is 33.1 Å². The van der Waals surface area contributed by atoms with Crippen LogP contribution in [-0.4, -0.2) is 41.1 Å². The molecule has 1 fully saturated rings. The minimum absolute atomic E-state index is 0.565. The highest BCUT2D eigenvalue weighted by Crippen LogP contribution is 2.40. The molecule has 1 aliphatic carbocycles. The Balaban J connectivity index is 1.91. The van der Waals surface area contributed by atoms with E-state index >= 15 is 0 Å². The molecule has 1 atom stereocenters. The van der Waals surface area contributed by atoms with Gasteiger partial charge in [-0.05, 0) is 33.9 Å². The molecule has 2 aliphatic rings. The third-order valence-corrected chi connectivity index (χ3v) is 4.29. The number of rotatable bonds is 4. The third kappa shape index (κ3) is 2.19. The van der Waals surface area contributed by atoms with Gasteiger partial charge in [0.2, 0.25) is 0 Å². The lowest BCUT2D eigenvalue weighted by atomic mass is 10.1. The zero-order valence-corrected chi connectivity index (χ0v) is 11.7. The second-order valence-electron chi connectivity index (χ2n) is 5.99.